The van der Waals surface area contributed by atoms with Gasteiger partial charge in [0.25, 0.3) is 0 Å². The van der Waals surface area contributed by atoms with Crippen LogP contribution in [0, 0.1) is 0 Å². The number of para-hydroxylation sites is 1. The predicted octanol–water partition coefficient (Wildman–Crippen LogP) is 3.31. The van der Waals surface area contributed by atoms with E-state index in [0.717, 1.165) is 37.4 Å². The first-order chi connectivity index (χ1) is 15.0. The Labute approximate surface area is 183 Å². The second kappa shape index (κ2) is 8.86. The van der Waals surface area contributed by atoms with Crippen LogP contribution in [-0.2, 0) is 7.05 Å². The molecule has 0 atom stereocenters. The van der Waals surface area contributed by atoms with Crippen LogP contribution in [0.25, 0.3) is 23.1 Å². The van der Waals surface area contributed by atoms with Gasteiger partial charge in [-0.05, 0) is 36.9 Å². The van der Waals surface area contributed by atoms with Crippen molar-refractivity contribution in [2.45, 2.75) is 0 Å². The van der Waals surface area contributed by atoms with Gasteiger partial charge in [-0.3, -0.25) is 0 Å². The van der Waals surface area contributed by atoms with Crippen molar-refractivity contribution in [1.29, 1.82) is 0 Å². The van der Waals surface area contributed by atoms with Gasteiger partial charge in [0.15, 0.2) is 11.5 Å². The average molecular weight is 421 g/mol. The van der Waals surface area contributed by atoms with Crippen molar-refractivity contribution in [2.75, 3.05) is 52.3 Å². The zero-order valence-electron chi connectivity index (χ0n) is 18.6. The number of phenols is 1. The van der Waals surface area contributed by atoms with Gasteiger partial charge in [0.2, 0.25) is 17.0 Å². The van der Waals surface area contributed by atoms with Crippen LogP contribution in [-0.4, -0.2) is 57.5 Å². The number of aromatic hydroxyl groups is 1. The van der Waals surface area contributed by atoms with Gasteiger partial charge in [0.05, 0.1) is 25.3 Å². The van der Waals surface area contributed by atoms with Crippen molar-refractivity contribution >= 4 is 28.7 Å². The maximum Gasteiger partial charge on any atom is 0.214 e. The molecule has 6 heteroatoms. The van der Waals surface area contributed by atoms with Gasteiger partial charge in [0.1, 0.15) is 7.05 Å². The summed E-state index contributed by atoms with van der Waals surface area (Å²) in [6.45, 7) is 4.16. The highest BCUT2D eigenvalue weighted by Gasteiger charge is 2.21. The third-order valence-corrected chi connectivity index (χ3v) is 6.01. The lowest BCUT2D eigenvalue weighted by atomic mass is 10.1. The summed E-state index contributed by atoms with van der Waals surface area (Å²) in [5.41, 5.74) is 4.45. The number of ether oxygens (including phenoxy) is 2. The third kappa shape index (κ3) is 4.16. The summed E-state index contributed by atoms with van der Waals surface area (Å²) in [6.07, 6.45) is 4.11. The Morgan fingerprint density at radius 1 is 0.935 bits per heavy atom. The lowest BCUT2D eigenvalue weighted by molar-refractivity contribution is -0.646. The van der Waals surface area contributed by atoms with Crippen molar-refractivity contribution in [3.05, 3.63) is 53.7 Å². The number of hydrogen-bond donors (Lipinski definition) is 1. The molecule has 1 N–H and O–H groups in total. The minimum Gasteiger partial charge on any atom is -0.502 e. The van der Waals surface area contributed by atoms with Crippen molar-refractivity contribution in [2.24, 2.45) is 7.05 Å². The molecule has 6 nitrogen and oxygen atoms in total. The number of benzene rings is 2. The summed E-state index contributed by atoms with van der Waals surface area (Å²) < 4.78 is 12.8. The molecule has 1 fully saturated rings. The van der Waals surface area contributed by atoms with Crippen LogP contribution in [0.15, 0.2) is 42.5 Å². The van der Waals surface area contributed by atoms with Crippen molar-refractivity contribution in [3.8, 4) is 17.2 Å². The van der Waals surface area contributed by atoms with E-state index < -0.39 is 0 Å². The summed E-state index contributed by atoms with van der Waals surface area (Å²) in [7, 11) is 7.34. The fourth-order valence-corrected chi connectivity index (χ4v) is 4.10. The summed E-state index contributed by atoms with van der Waals surface area (Å²) in [5, 5.41) is 11.4. The normalized spacial score (nSPS) is 15.0. The second-order valence-corrected chi connectivity index (χ2v) is 7.93. The molecule has 162 valence electrons. The van der Waals surface area contributed by atoms with Gasteiger partial charge in [-0.2, -0.15) is 4.57 Å². The molecule has 1 saturated heterocycles. The fourth-order valence-electron chi connectivity index (χ4n) is 4.10. The number of piperazine rings is 1. The molecule has 0 unspecified atom stereocenters. The first-order valence-corrected chi connectivity index (χ1v) is 10.5. The van der Waals surface area contributed by atoms with Crippen LogP contribution >= 0.6 is 0 Å². The predicted molar refractivity (Wildman–Crippen MR) is 125 cm³/mol. The van der Waals surface area contributed by atoms with E-state index in [2.05, 4.69) is 64.9 Å². The van der Waals surface area contributed by atoms with Crippen molar-refractivity contribution in [1.82, 2.24) is 4.90 Å². The Bertz CT molecular complexity index is 1090. The van der Waals surface area contributed by atoms with Crippen molar-refractivity contribution < 1.29 is 19.1 Å². The van der Waals surface area contributed by atoms with Crippen LogP contribution < -0.4 is 18.9 Å². The molecule has 0 amide bonds. The molecule has 2 aromatic carbocycles. The molecule has 0 bridgehead atoms. The van der Waals surface area contributed by atoms with Gasteiger partial charge in [-0.15, -0.1) is 0 Å². The molecule has 1 aliphatic rings. The van der Waals surface area contributed by atoms with E-state index in [4.69, 9.17) is 9.47 Å². The van der Waals surface area contributed by atoms with E-state index in [0.29, 0.717) is 11.5 Å². The molecular weight excluding hydrogens is 390 g/mol. The minimum atomic E-state index is 0.00997. The molecule has 0 saturated carbocycles. The van der Waals surface area contributed by atoms with Crippen LogP contribution in [0.1, 0.15) is 11.3 Å². The molecule has 0 radical (unpaired) electrons. The summed E-state index contributed by atoms with van der Waals surface area (Å²) in [4.78, 5) is 4.85. The summed E-state index contributed by atoms with van der Waals surface area (Å²) >= 11 is 0. The highest BCUT2D eigenvalue weighted by atomic mass is 16.5. The van der Waals surface area contributed by atoms with Gasteiger partial charge < -0.3 is 24.4 Å². The molecule has 3 aromatic rings. The number of anilines is 1. The minimum absolute atomic E-state index is 0.00997. The number of aryl methyl sites for hydroxylation is 1. The largest absolute Gasteiger partial charge is 0.502 e. The standard InChI is InChI=1S/C25H29N3O3/c1-26-11-13-28(14-12-26)22-17-19(27(2)21-8-6-5-7-20(21)22)10-9-18-15-23(30-3)25(29)24(16-18)31-4/h5-10,15-17H,11-14H2,1-4H3/p+1. The topological polar surface area (TPSA) is 49.0 Å². The Balaban J connectivity index is 1.77. The Kier molecular flexibility index (Phi) is 6.00. The first-order valence-electron chi connectivity index (χ1n) is 10.5. The number of phenolic OH excluding ortho intramolecular Hbond substituents is 1. The zero-order valence-corrected chi connectivity index (χ0v) is 18.6. The highest BCUT2D eigenvalue weighted by molar-refractivity contribution is 5.91. The summed E-state index contributed by atoms with van der Waals surface area (Å²) in [6, 6.07) is 14.4. The zero-order chi connectivity index (χ0) is 22.0. The van der Waals surface area contributed by atoms with Crippen LogP contribution in [0.4, 0.5) is 5.69 Å². The lowest BCUT2D eigenvalue weighted by Crippen LogP contribution is -2.45. The molecule has 1 aliphatic heterocycles. The number of nitrogens with zero attached hydrogens (tertiary/aromatic N) is 3. The SMILES string of the molecule is COc1cc(/C=C/c2cc(N3CCN(C)CC3)c3ccccc3[n+]2C)cc(OC)c1O. The molecule has 0 spiro atoms. The van der Waals surface area contributed by atoms with E-state index >= 15 is 0 Å². The number of methoxy groups -OCH3 is 2. The molecule has 1 aromatic heterocycles. The lowest BCUT2D eigenvalue weighted by Gasteiger charge is -2.34. The maximum absolute atomic E-state index is 10.2. The Morgan fingerprint density at radius 3 is 2.23 bits per heavy atom. The maximum atomic E-state index is 10.2. The second-order valence-electron chi connectivity index (χ2n) is 7.93. The van der Waals surface area contributed by atoms with E-state index in [1.807, 2.05) is 6.08 Å². The third-order valence-electron chi connectivity index (χ3n) is 6.01. The number of likely N-dealkylation sites (N-methyl/N-ethyl adjacent to an activating group) is 1. The quantitative estimate of drug-likeness (QED) is 0.642. The van der Waals surface area contributed by atoms with E-state index in [-0.39, 0.29) is 5.75 Å². The van der Waals surface area contributed by atoms with E-state index in [1.165, 1.54) is 30.8 Å². The van der Waals surface area contributed by atoms with Crippen LogP contribution in [0.3, 0.4) is 0 Å². The number of fused-ring (bicyclic) bond motifs is 1. The molecular formula is C25H30N3O3+. The number of aromatic nitrogens is 1. The molecule has 4 rings (SSSR count). The van der Waals surface area contributed by atoms with E-state index in [1.54, 1.807) is 12.1 Å². The van der Waals surface area contributed by atoms with Crippen LogP contribution in [0.5, 0.6) is 17.2 Å². The van der Waals surface area contributed by atoms with Gasteiger partial charge >= 0.3 is 0 Å². The molecule has 31 heavy (non-hydrogen) atoms. The van der Waals surface area contributed by atoms with Crippen molar-refractivity contribution in [3.63, 3.8) is 0 Å². The molecule has 0 aliphatic carbocycles. The number of hydrogen-bond acceptors (Lipinski definition) is 5. The number of pyridine rings is 1. The smallest absolute Gasteiger partial charge is 0.214 e. The Morgan fingerprint density at radius 2 is 1.58 bits per heavy atom. The molecule has 2 heterocycles. The number of rotatable bonds is 5. The van der Waals surface area contributed by atoms with Gasteiger partial charge in [-0.1, -0.05) is 12.1 Å². The Hall–Kier alpha value is -3.25. The van der Waals surface area contributed by atoms with Gasteiger partial charge in [0, 0.05) is 44.4 Å². The van der Waals surface area contributed by atoms with Crippen LogP contribution in [0.2, 0.25) is 0 Å². The first kappa shape index (κ1) is 21.0. The monoisotopic (exact) mass is 420 g/mol. The fraction of sp³-hybridized carbons (Fsp3) is 0.320. The summed E-state index contributed by atoms with van der Waals surface area (Å²) in [5.74, 6) is 0.788. The average Bonchev–Trinajstić information content (AvgIpc) is 2.80. The van der Waals surface area contributed by atoms with Gasteiger partial charge in [-0.25, -0.2) is 0 Å². The highest BCUT2D eigenvalue weighted by Crippen LogP contribution is 2.37. The van der Waals surface area contributed by atoms with E-state index in [9.17, 15) is 5.11 Å².